The Morgan fingerprint density at radius 1 is 1.48 bits per heavy atom. The molecule has 2 N–H and O–H groups in total. The fraction of sp³-hybridized carbons (Fsp3) is 0.375. The third kappa shape index (κ3) is 3.51. The summed E-state index contributed by atoms with van der Waals surface area (Å²) in [6, 6.07) is 4.06. The number of rotatable bonds is 4. The molecule has 9 heteroatoms. The molecule has 134 valence electrons. The molecule has 1 fully saturated rings. The minimum absolute atomic E-state index is 0.0109. The van der Waals surface area contributed by atoms with Crippen LogP contribution in [-0.4, -0.2) is 46.8 Å². The minimum atomic E-state index is -3.16. The molecule has 0 aliphatic carbocycles. The normalized spacial score (nSPS) is 19.0. The molecular formula is C16H18FN3O4S. The van der Waals surface area contributed by atoms with Crippen molar-refractivity contribution >= 4 is 15.7 Å². The highest BCUT2D eigenvalue weighted by atomic mass is 32.2. The largest absolute Gasteiger partial charge is 0.504 e. The van der Waals surface area contributed by atoms with Crippen LogP contribution in [0.5, 0.6) is 5.75 Å². The van der Waals surface area contributed by atoms with Crippen LogP contribution in [0.25, 0.3) is 5.69 Å². The fourth-order valence-electron chi connectivity index (χ4n) is 2.90. The monoisotopic (exact) mass is 367 g/mol. The van der Waals surface area contributed by atoms with Gasteiger partial charge in [0.1, 0.15) is 5.82 Å². The van der Waals surface area contributed by atoms with Gasteiger partial charge in [-0.05, 0) is 43.5 Å². The van der Waals surface area contributed by atoms with Crippen molar-refractivity contribution in [2.45, 2.75) is 25.0 Å². The Kier molecular flexibility index (Phi) is 4.51. The van der Waals surface area contributed by atoms with E-state index in [0.717, 1.165) is 0 Å². The van der Waals surface area contributed by atoms with Gasteiger partial charge in [-0.15, -0.1) is 0 Å². The lowest BCUT2D eigenvalue weighted by molar-refractivity contribution is 0.0945. The minimum Gasteiger partial charge on any atom is -0.504 e. The average molecular weight is 367 g/mol. The number of nitrogens with one attached hydrogen (secondary N) is 1. The number of benzene rings is 1. The van der Waals surface area contributed by atoms with Crippen LogP contribution in [0, 0.1) is 12.7 Å². The first-order valence-corrected chi connectivity index (χ1v) is 9.54. The second-order valence-electron chi connectivity index (χ2n) is 6.08. The van der Waals surface area contributed by atoms with Gasteiger partial charge in [-0.2, -0.15) is 5.10 Å². The van der Waals surface area contributed by atoms with E-state index in [1.807, 2.05) is 0 Å². The Balaban J connectivity index is 1.77. The molecule has 0 bridgehead atoms. The summed E-state index contributed by atoms with van der Waals surface area (Å²) in [7, 11) is -3.16. The SMILES string of the molecule is Cc1cc(F)ccc1-n1cc(O)c(C(=O)NCC2CCCS2(=O)=O)n1. The quantitative estimate of drug-likeness (QED) is 0.849. The summed E-state index contributed by atoms with van der Waals surface area (Å²) in [6.45, 7) is 1.67. The van der Waals surface area contributed by atoms with Crippen LogP contribution < -0.4 is 5.32 Å². The van der Waals surface area contributed by atoms with Crippen molar-refractivity contribution in [1.82, 2.24) is 15.1 Å². The molecule has 3 rings (SSSR count). The lowest BCUT2D eigenvalue weighted by Crippen LogP contribution is -2.34. The molecule has 0 radical (unpaired) electrons. The molecule has 7 nitrogen and oxygen atoms in total. The highest BCUT2D eigenvalue weighted by Gasteiger charge is 2.31. The summed E-state index contributed by atoms with van der Waals surface area (Å²) >= 11 is 0. The summed E-state index contributed by atoms with van der Waals surface area (Å²) in [5.74, 6) is -1.25. The van der Waals surface area contributed by atoms with Crippen LogP contribution >= 0.6 is 0 Å². The summed E-state index contributed by atoms with van der Waals surface area (Å²) in [4.78, 5) is 12.2. The van der Waals surface area contributed by atoms with Gasteiger partial charge in [0.05, 0.1) is 22.9 Å². The van der Waals surface area contributed by atoms with E-state index in [2.05, 4.69) is 10.4 Å². The third-order valence-corrected chi connectivity index (χ3v) is 6.54. The summed E-state index contributed by atoms with van der Waals surface area (Å²) in [5.41, 5.74) is 0.903. The zero-order valence-corrected chi connectivity index (χ0v) is 14.4. The van der Waals surface area contributed by atoms with E-state index in [1.54, 1.807) is 6.92 Å². The molecular weight excluding hydrogens is 349 g/mol. The molecule has 2 heterocycles. The summed E-state index contributed by atoms with van der Waals surface area (Å²) < 4.78 is 38.0. The van der Waals surface area contributed by atoms with E-state index >= 15 is 0 Å². The number of carbonyl (C=O) groups is 1. The highest BCUT2D eigenvalue weighted by molar-refractivity contribution is 7.92. The van der Waals surface area contributed by atoms with E-state index in [4.69, 9.17) is 0 Å². The molecule has 1 aromatic heterocycles. The van der Waals surface area contributed by atoms with Gasteiger partial charge in [-0.3, -0.25) is 4.79 Å². The van der Waals surface area contributed by atoms with Crippen LogP contribution in [0.1, 0.15) is 28.9 Å². The second kappa shape index (κ2) is 6.47. The van der Waals surface area contributed by atoms with Crippen molar-refractivity contribution < 1.29 is 22.7 Å². The zero-order chi connectivity index (χ0) is 18.2. The van der Waals surface area contributed by atoms with Gasteiger partial charge in [0.2, 0.25) is 0 Å². The Morgan fingerprint density at radius 2 is 2.24 bits per heavy atom. The van der Waals surface area contributed by atoms with Gasteiger partial charge < -0.3 is 10.4 Å². The molecule has 1 aliphatic heterocycles. The van der Waals surface area contributed by atoms with Crippen molar-refractivity contribution in [3.8, 4) is 11.4 Å². The van der Waals surface area contributed by atoms with Gasteiger partial charge in [-0.1, -0.05) is 0 Å². The number of amides is 1. The predicted molar refractivity (Wildman–Crippen MR) is 89.1 cm³/mol. The molecule has 0 spiro atoms. The first-order chi connectivity index (χ1) is 11.8. The number of aromatic hydroxyl groups is 1. The van der Waals surface area contributed by atoms with E-state index < -0.39 is 26.8 Å². The number of carbonyl (C=O) groups excluding carboxylic acids is 1. The lowest BCUT2D eigenvalue weighted by atomic mass is 10.2. The van der Waals surface area contributed by atoms with E-state index in [-0.39, 0.29) is 23.7 Å². The van der Waals surface area contributed by atoms with Crippen LogP contribution in [0.3, 0.4) is 0 Å². The Morgan fingerprint density at radius 3 is 2.88 bits per heavy atom. The smallest absolute Gasteiger partial charge is 0.275 e. The maximum atomic E-state index is 13.2. The zero-order valence-electron chi connectivity index (χ0n) is 13.6. The van der Waals surface area contributed by atoms with Gasteiger partial charge >= 0.3 is 0 Å². The van der Waals surface area contributed by atoms with E-state index in [9.17, 15) is 22.7 Å². The predicted octanol–water partition coefficient (Wildman–Crippen LogP) is 1.33. The third-order valence-electron chi connectivity index (χ3n) is 4.27. The number of aryl methyl sites for hydroxylation is 1. The standard InChI is InChI=1S/C16H18FN3O4S/c1-10-7-11(17)4-5-13(10)20-9-14(21)15(19-20)16(22)18-8-12-3-2-6-25(12,23)24/h4-5,7,9,12,21H,2-3,6,8H2,1H3,(H,18,22). The number of aromatic nitrogens is 2. The van der Waals surface area contributed by atoms with Crippen molar-refractivity contribution in [1.29, 1.82) is 0 Å². The van der Waals surface area contributed by atoms with Crippen LogP contribution in [0.2, 0.25) is 0 Å². The summed E-state index contributed by atoms with van der Waals surface area (Å²) in [5, 5.41) is 15.9. The van der Waals surface area contributed by atoms with Crippen molar-refractivity contribution in [3.05, 3.63) is 41.5 Å². The Labute approximate surface area is 144 Å². The number of hydrogen-bond donors (Lipinski definition) is 2. The fourth-order valence-corrected chi connectivity index (χ4v) is 4.67. The van der Waals surface area contributed by atoms with Crippen LogP contribution in [0.4, 0.5) is 4.39 Å². The second-order valence-corrected chi connectivity index (χ2v) is 8.48. The average Bonchev–Trinajstić information content (AvgIpc) is 3.07. The molecule has 1 atom stereocenters. The topological polar surface area (TPSA) is 101 Å². The van der Waals surface area contributed by atoms with Gasteiger partial charge in [-0.25, -0.2) is 17.5 Å². The maximum absolute atomic E-state index is 13.2. The number of nitrogens with zero attached hydrogens (tertiary/aromatic N) is 2. The first kappa shape index (κ1) is 17.4. The Hall–Kier alpha value is -2.42. The molecule has 1 aliphatic rings. The van der Waals surface area contributed by atoms with E-state index in [1.165, 1.54) is 29.1 Å². The molecule has 1 unspecified atom stereocenters. The van der Waals surface area contributed by atoms with Gasteiger partial charge in [0.15, 0.2) is 21.3 Å². The molecule has 1 saturated heterocycles. The van der Waals surface area contributed by atoms with Gasteiger partial charge in [0, 0.05) is 6.54 Å². The van der Waals surface area contributed by atoms with Gasteiger partial charge in [0.25, 0.3) is 5.91 Å². The highest BCUT2D eigenvalue weighted by Crippen LogP contribution is 2.22. The molecule has 0 saturated carbocycles. The number of sulfone groups is 1. The first-order valence-electron chi connectivity index (χ1n) is 7.83. The van der Waals surface area contributed by atoms with Crippen molar-refractivity contribution in [3.63, 3.8) is 0 Å². The number of hydrogen-bond acceptors (Lipinski definition) is 5. The molecule has 1 amide bonds. The van der Waals surface area contributed by atoms with Crippen LogP contribution in [0.15, 0.2) is 24.4 Å². The van der Waals surface area contributed by atoms with E-state index in [0.29, 0.717) is 24.1 Å². The molecule has 25 heavy (non-hydrogen) atoms. The summed E-state index contributed by atoms with van der Waals surface area (Å²) in [6.07, 6.45) is 2.35. The van der Waals surface area contributed by atoms with Crippen LogP contribution in [-0.2, 0) is 9.84 Å². The maximum Gasteiger partial charge on any atom is 0.275 e. The lowest BCUT2D eigenvalue weighted by Gasteiger charge is -2.10. The number of halogens is 1. The van der Waals surface area contributed by atoms with Crippen molar-refractivity contribution in [2.75, 3.05) is 12.3 Å². The molecule has 1 aromatic carbocycles. The Bertz CT molecular complexity index is 923. The van der Waals surface area contributed by atoms with Crippen molar-refractivity contribution in [2.24, 2.45) is 0 Å². The molecule has 2 aromatic rings.